The Morgan fingerprint density at radius 3 is 2.71 bits per heavy atom. The third-order valence-electron chi connectivity index (χ3n) is 2.05. The molecule has 0 aliphatic rings. The van der Waals surface area contributed by atoms with Crippen molar-refractivity contribution in [1.29, 1.82) is 0 Å². The monoisotopic (exact) mass is 246 g/mol. The van der Waals surface area contributed by atoms with E-state index in [1.165, 1.54) is 0 Å². The highest BCUT2D eigenvalue weighted by Crippen LogP contribution is 2.22. The van der Waals surface area contributed by atoms with Gasteiger partial charge in [-0.3, -0.25) is 0 Å². The van der Waals surface area contributed by atoms with Crippen molar-refractivity contribution in [1.82, 2.24) is 0 Å². The first-order valence-electron chi connectivity index (χ1n) is 5.26. The molecular weight excluding hydrogens is 230 g/mol. The highest BCUT2D eigenvalue weighted by atomic mass is 19.3. The first kappa shape index (κ1) is 13.5. The van der Waals surface area contributed by atoms with Crippen LogP contribution in [0.1, 0.15) is 6.92 Å². The Hall–Kier alpha value is -1.56. The second-order valence-corrected chi connectivity index (χ2v) is 3.51. The van der Waals surface area contributed by atoms with Crippen LogP contribution in [0.5, 0.6) is 5.75 Å². The minimum atomic E-state index is -2.77. The van der Waals surface area contributed by atoms with Crippen LogP contribution in [-0.2, 0) is 0 Å². The molecule has 6 heteroatoms. The van der Waals surface area contributed by atoms with Gasteiger partial charge in [-0.2, -0.15) is 0 Å². The van der Waals surface area contributed by atoms with E-state index < -0.39 is 12.5 Å². The summed E-state index contributed by atoms with van der Waals surface area (Å²) in [5.74, 6) is 0.557. The normalized spacial score (nSPS) is 12.5. The number of benzene rings is 1. The van der Waals surface area contributed by atoms with Crippen LogP contribution in [0, 0.1) is 0 Å². The molecule has 0 radical (unpaired) electrons. The summed E-state index contributed by atoms with van der Waals surface area (Å²) in [4.78, 5) is 0. The van der Waals surface area contributed by atoms with E-state index in [2.05, 4.69) is 5.32 Å². The van der Waals surface area contributed by atoms with Crippen LogP contribution in [0.25, 0.3) is 0 Å². The van der Waals surface area contributed by atoms with E-state index in [1.807, 2.05) is 6.92 Å². The van der Waals surface area contributed by atoms with Crippen molar-refractivity contribution in [2.45, 2.75) is 19.5 Å². The topological polar surface area (TPSA) is 67.5 Å². The lowest BCUT2D eigenvalue weighted by atomic mass is 10.2. The van der Waals surface area contributed by atoms with E-state index in [9.17, 15) is 8.78 Å². The zero-order valence-electron chi connectivity index (χ0n) is 9.49. The van der Waals surface area contributed by atoms with Crippen molar-refractivity contribution < 1.29 is 18.6 Å². The fourth-order valence-corrected chi connectivity index (χ4v) is 1.29. The molecule has 0 amide bonds. The number of nitrogens with one attached hydrogen (secondary N) is 1. The zero-order valence-corrected chi connectivity index (χ0v) is 9.49. The zero-order chi connectivity index (χ0) is 12.8. The van der Waals surface area contributed by atoms with Crippen molar-refractivity contribution in [3.63, 3.8) is 0 Å². The Kier molecular flexibility index (Phi) is 4.96. The van der Waals surface area contributed by atoms with Gasteiger partial charge >= 0.3 is 0 Å². The SMILES string of the molecule is CCOc1cc(N)cc(NCC(O)C(F)F)c1. The summed E-state index contributed by atoms with van der Waals surface area (Å²) in [6, 6.07) is 4.86. The number of halogens is 2. The summed E-state index contributed by atoms with van der Waals surface area (Å²) in [5.41, 5.74) is 6.62. The van der Waals surface area contributed by atoms with Crippen LogP contribution < -0.4 is 15.8 Å². The van der Waals surface area contributed by atoms with Gasteiger partial charge in [0.25, 0.3) is 6.43 Å². The maximum atomic E-state index is 12.1. The molecule has 0 aromatic heterocycles. The minimum absolute atomic E-state index is 0.243. The third-order valence-corrected chi connectivity index (χ3v) is 2.05. The highest BCUT2D eigenvalue weighted by Gasteiger charge is 2.16. The van der Waals surface area contributed by atoms with Crippen molar-refractivity contribution in [2.24, 2.45) is 0 Å². The number of hydrogen-bond acceptors (Lipinski definition) is 4. The Balaban J connectivity index is 2.64. The largest absolute Gasteiger partial charge is 0.494 e. The summed E-state index contributed by atoms with van der Waals surface area (Å²) in [6.45, 7) is 2.08. The molecule has 17 heavy (non-hydrogen) atoms. The maximum Gasteiger partial charge on any atom is 0.265 e. The molecule has 1 aromatic carbocycles. The van der Waals surface area contributed by atoms with E-state index in [0.29, 0.717) is 23.7 Å². The highest BCUT2D eigenvalue weighted by molar-refractivity contribution is 5.59. The fourth-order valence-electron chi connectivity index (χ4n) is 1.29. The average Bonchev–Trinajstić information content (AvgIpc) is 2.25. The van der Waals surface area contributed by atoms with Gasteiger partial charge in [-0.05, 0) is 13.0 Å². The van der Waals surface area contributed by atoms with Crippen molar-refractivity contribution >= 4 is 11.4 Å². The quantitative estimate of drug-likeness (QED) is 0.668. The molecule has 1 unspecified atom stereocenters. The van der Waals surface area contributed by atoms with Gasteiger partial charge < -0.3 is 20.9 Å². The fraction of sp³-hybridized carbons (Fsp3) is 0.455. The molecule has 4 nitrogen and oxygen atoms in total. The number of rotatable bonds is 6. The third kappa shape index (κ3) is 4.44. The van der Waals surface area contributed by atoms with Crippen LogP contribution >= 0.6 is 0 Å². The summed E-state index contributed by atoms with van der Waals surface area (Å²) in [7, 11) is 0. The molecule has 0 aliphatic carbocycles. The molecule has 0 fully saturated rings. The lowest BCUT2D eigenvalue weighted by Crippen LogP contribution is -2.26. The van der Waals surface area contributed by atoms with Crippen LogP contribution in [0.3, 0.4) is 0 Å². The van der Waals surface area contributed by atoms with Crippen LogP contribution in [0.15, 0.2) is 18.2 Å². The molecule has 1 aromatic rings. The van der Waals surface area contributed by atoms with Crippen molar-refractivity contribution in [3.05, 3.63) is 18.2 Å². The lowest BCUT2D eigenvalue weighted by Gasteiger charge is -2.13. The van der Waals surface area contributed by atoms with Gasteiger partial charge in [-0.25, -0.2) is 8.78 Å². The number of ether oxygens (including phenoxy) is 1. The standard InChI is InChI=1S/C11H16F2N2O2/c1-2-17-9-4-7(14)3-8(5-9)15-6-10(16)11(12)13/h3-5,10-11,15-16H,2,6,14H2,1H3. The Morgan fingerprint density at radius 2 is 2.12 bits per heavy atom. The van der Waals surface area contributed by atoms with Crippen LogP contribution in [-0.4, -0.2) is 30.8 Å². The number of nitrogen functional groups attached to an aromatic ring is 1. The number of anilines is 2. The van der Waals surface area contributed by atoms with Crippen LogP contribution in [0.2, 0.25) is 0 Å². The molecule has 0 saturated carbocycles. The molecule has 0 heterocycles. The molecule has 1 rings (SSSR count). The van der Waals surface area contributed by atoms with Gasteiger partial charge in [0, 0.05) is 30.1 Å². The van der Waals surface area contributed by atoms with E-state index >= 15 is 0 Å². The second kappa shape index (κ2) is 6.24. The number of aliphatic hydroxyl groups excluding tert-OH is 1. The molecule has 96 valence electrons. The number of alkyl halides is 2. The second-order valence-electron chi connectivity index (χ2n) is 3.51. The molecule has 4 N–H and O–H groups in total. The molecule has 1 atom stereocenters. The Morgan fingerprint density at radius 1 is 1.41 bits per heavy atom. The number of nitrogens with two attached hydrogens (primary N) is 1. The molecule has 0 spiro atoms. The molecular formula is C11H16F2N2O2. The first-order valence-corrected chi connectivity index (χ1v) is 5.26. The number of hydrogen-bond donors (Lipinski definition) is 3. The average molecular weight is 246 g/mol. The number of aliphatic hydroxyl groups is 1. The van der Waals surface area contributed by atoms with E-state index in [4.69, 9.17) is 15.6 Å². The Labute approximate surface area is 98.4 Å². The Bertz CT molecular complexity index is 361. The van der Waals surface area contributed by atoms with Gasteiger partial charge in [0.05, 0.1) is 6.61 Å². The molecule has 0 aliphatic heterocycles. The lowest BCUT2D eigenvalue weighted by molar-refractivity contribution is 0.00384. The summed E-state index contributed by atoms with van der Waals surface area (Å²) < 4.78 is 29.4. The summed E-state index contributed by atoms with van der Waals surface area (Å²) in [6.07, 6.45) is -4.47. The maximum absolute atomic E-state index is 12.1. The molecule has 0 bridgehead atoms. The van der Waals surface area contributed by atoms with Crippen molar-refractivity contribution in [3.8, 4) is 5.75 Å². The van der Waals surface area contributed by atoms with Gasteiger partial charge in [0.15, 0.2) is 0 Å². The predicted molar refractivity (Wildman–Crippen MR) is 62.5 cm³/mol. The van der Waals surface area contributed by atoms with Gasteiger partial charge in [0.1, 0.15) is 11.9 Å². The first-order chi connectivity index (χ1) is 8.02. The van der Waals surface area contributed by atoms with Gasteiger partial charge in [0.2, 0.25) is 0 Å². The molecule has 0 saturated heterocycles. The minimum Gasteiger partial charge on any atom is -0.494 e. The van der Waals surface area contributed by atoms with Crippen molar-refractivity contribution in [2.75, 3.05) is 24.2 Å². The smallest absolute Gasteiger partial charge is 0.265 e. The summed E-state index contributed by atoms with van der Waals surface area (Å²) in [5, 5.41) is 11.6. The van der Waals surface area contributed by atoms with Gasteiger partial charge in [-0.1, -0.05) is 0 Å². The van der Waals surface area contributed by atoms with Crippen LogP contribution in [0.4, 0.5) is 20.2 Å². The van der Waals surface area contributed by atoms with Gasteiger partial charge in [-0.15, -0.1) is 0 Å². The predicted octanol–water partition coefficient (Wildman–Crippen LogP) is 1.71. The van der Waals surface area contributed by atoms with E-state index in [1.54, 1.807) is 18.2 Å². The van der Waals surface area contributed by atoms with E-state index in [0.717, 1.165) is 0 Å². The summed E-state index contributed by atoms with van der Waals surface area (Å²) >= 11 is 0. The van der Waals surface area contributed by atoms with E-state index in [-0.39, 0.29) is 6.54 Å².